The molecular weight excluding hydrogens is 243 g/mol. The molecule has 4 nitrogen and oxygen atoms in total. The predicted molar refractivity (Wildman–Crippen MR) is 72.8 cm³/mol. The highest BCUT2D eigenvalue weighted by Crippen LogP contribution is 2.17. The average molecular weight is 262 g/mol. The van der Waals surface area contributed by atoms with Crippen LogP contribution in [0.15, 0.2) is 24.5 Å². The van der Waals surface area contributed by atoms with Gasteiger partial charge >= 0.3 is 0 Å². The molecular formula is C14H19FN4. The van der Waals surface area contributed by atoms with Crippen LogP contribution >= 0.6 is 0 Å². The first-order chi connectivity index (χ1) is 9.13. The van der Waals surface area contributed by atoms with E-state index in [9.17, 15) is 4.39 Å². The van der Waals surface area contributed by atoms with Gasteiger partial charge in [0.2, 0.25) is 0 Å². The number of pyridine rings is 1. The average Bonchev–Trinajstić information content (AvgIpc) is 2.87. The Bertz CT molecular complexity index is 548. The maximum absolute atomic E-state index is 14.3. The second kappa shape index (κ2) is 5.93. The molecule has 1 N–H and O–H groups in total. The number of halogens is 1. The Morgan fingerprint density at radius 1 is 1.37 bits per heavy atom. The normalized spacial score (nSPS) is 11.2. The van der Waals surface area contributed by atoms with E-state index in [0.717, 1.165) is 12.2 Å². The summed E-state index contributed by atoms with van der Waals surface area (Å²) in [4.78, 5) is 4.09. The van der Waals surface area contributed by atoms with E-state index < -0.39 is 0 Å². The van der Waals surface area contributed by atoms with Crippen molar-refractivity contribution in [1.29, 1.82) is 0 Å². The van der Waals surface area contributed by atoms with Crippen LogP contribution in [0.4, 0.5) is 4.39 Å². The zero-order valence-corrected chi connectivity index (χ0v) is 11.5. The van der Waals surface area contributed by atoms with Crippen LogP contribution in [0.3, 0.4) is 0 Å². The number of aromatic nitrogens is 3. The molecule has 2 heterocycles. The Morgan fingerprint density at radius 3 is 2.79 bits per heavy atom. The zero-order chi connectivity index (χ0) is 13.8. The van der Waals surface area contributed by atoms with E-state index in [0.29, 0.717) is 18.0 Å². The largest absolute Gasteiger partial charge is 0.313 e. The van der Waals surface area contributed by atoms with Crippen LogP contribution in [0.2, 0.25) is 0 Å². The monoisotopic (exact) mass is 262 g/mol. The minimum absolute atomic E-state index is 0.252. The van der Waals surface area contributed by atoms with E-state index in [1.807, 2.05) is 13.0 Å². The van der Waals surface area contributed by atoms with Gasteiger partial charge in [0.1, 0.15) is 0 Å². The number of hydrogen-bond donors (Lipinski definition) is 1. The van der Waals surface area contributed by atoms with E-state index in [-0.39, 0.29) is 11.6 Å². The van der Waals surface area contributed by atoms with Gasteiger partial charge in [-0.25, -0.2) is 14.1 Å². The Hall–Kier alpha value is -1.75. The van der Waals surface area contributed by atoms with Crippen molar-refractivity contribution < 1.29 is 4.39 Å². The summed E-state index contributed by atoms with van der Waals surface area (Å²) >= 11 is 0. The van der Waals surface area contributed by atoms with E-state index in [4.69, 9.17) is 0 Å². The molecule has 0 saturated heterocycles. The van der Waals surface area contributed by atoms with Gasteiger partial charge in [-0.3, -0.25) is 0 Å². The minimum atomic E-state index is -0.318. The van der Waals surface area contributed by atoms with Gasteiger partial charge in [0.25, 0.3) is 0 Å². The van der Waals surface area contributed by atoms with Crippen molar-refractivity contribution in [1.82, 2.24) is 20.1 Å². The van der Waals surface area contributed by atoms with Crippen LogP contribution in [0, 0.1) is 5.82 Å². The molecule has 2 rings (SSSR count). The van der Waals surface area contributed by atoms with Gasteiger partial charge in [-0.15, -0.1) is 0 Å². The fourth-order valence-corrected chi connectivity index (χ4v) is 1.79. The standard InChI is InChI=1S/C14H19FN4/c1-4-16-9-11-5-7-17-14(13(11)15)19-8-6-12(18-19)10(2)3/h5-8,10,16H,4,9H2,1-3H3. The lowest BCUT2D eigenvalue weighted by atomic mass is 10.1. The molecule has 0 spiro atoms. The van der Waals surface area contributed by atoms with Crippen molar-refractivity contribution in [3.05, 3.63) is 41.6 Å². The summed E-state index contributed by atoms with van der Waals surface area (Å²) in [7, 11) is 0. The molecule has 0 bridgehead atoms. The van der Waals surface area contributed by atoms with Gasteiger partial charge in [-0.2, -0.15) is 5.10 Å². The molecule has 0 radical (unpaired) electrons. The molecule has 0 fully saturated rings. The Labute approximate surface area is 112 Å². The molecule has 0 aliphatic carbocycles. The highest BCUT2D eigenvalue weighted by Gasteiger charge is 2.13. The Morgan fingerprint density at radius 2 is 2.16 bits per heavy atom. The van der Waals surface area contributed by atoms with E-state index >= 15 is 0 Å². The van der Waals surface area contributed by atoms with Crippen molar-refractivity contribution in [3.63, 3.8) is 0 Å². The van der Waals surface area contributed by atoms with Crippen molar-refractivity contribution in [2.24, 2.45) is 0 Å². The van der Waals surface area contributed by atoms with Crippen molar-refractivity contribution in [2.75, 3.05) is 6.54 Å². The van der Waals surface area contributed by atoms with Crippen LogP contribution < -0.4 is 5.32 Å². The van der Waals surface area contributed by atoms with E-state index in [2.05, 4.69) is 29.2 Å². The van der Waals surface area contributed by atoms with Crippen LogP contribution in [0.5, 0.6) is 0 Å². The third kappa shape index (κ3) is 2.98. The van der Waals surface area contributed by atoms with Crippen LogP contribution in [-0.2, 0) is 6.54 Å². The van der Waals surface area contributed by atoms with E-state index in [1.165, 1.54) is 4.68 Å². The second-order valence-electron chi connectivity index (χ2n) is 4.73. The molecule has 19 heavy (non-hydrogen) atoms. The molecule has 0 atom stereocenters. The lowest BCUT2D eigenvalue weighted by molar-refractivity contribution is 0.570. The van der Waals surface area contributed by atoms with Gasteiger partial charge in [0.05, 0.1) is 5.69 Å². The maximum atomic E-state index is 14.3. The Kier molecular flexibility index (Phi) is 4.27. The summed E-state index contributed by atoms with van der Waals surface area (Å²) < 4.78 is 15.8. The van der Waals surface area contributed by atoms with Crippen LogP contribution in [0.1, 0.15) is 37.9 Å². The highest BCUT2D eigenvalue weighted by molar-refractivity contribution is 5.30. The lowest BCUT2D eigenvalue weighted by Crippen LogP contribution is -2.14. The SMILES string of the molecule is CCNCc1ccnc(-n2ccc(C(C)C)n2)c1F. The number of nitrogens with one attached hydrogen (secondary N) is 1. The number of nitrogens with zero attached hydrogens (tertiary/aromatic N) is 3. The van der Waals surface area contributed by atoms with E-state index in [1.54, 1.807) is 18.5 Å². The topological polar surface area (TPSA) is 42.7 Å². The molecule has 2 aromatic heterocycles. The number of hydrogen-bond acceptors (Lipinski definition) is 3. The Balaban J connectivity index is 2.33. The quantitative estimate of drug-likeness (QED) is 0.900. The van der Waals surface area contributed by atoms with Crippen molar-refractivity contribution >= 4 is 0 Å². The van der Waals surface area contributed by atoms with Gasteiger partial charge in [0, 0.05) is 24.5 Å². The first kappa shape index (κ1) is 13.7. The molecule has 5 heteroatoms. The molecule has 0 amide bonds. The molecule has 0 unspecified atom stereocenters. The smallest absolute Gasteiger partial charge is 0.190 e. The van der Waals surface area contributed by atoms with Crippen molar-refractivity contribution in [2.45, 2.75) is 33.2 Å². The highest BCUT2D eigenvalue weighted by atomic mass is 19.1. The predicted octanol–water partition coefficient (Wildman–Crippen LogP) is 2.64. The summed E-state index contributed by atoms with van der Waals surface area (Å²) in [5, 5.41) is 7.47. The van der Waals surface area contributed by atoms with Crippen LogP contribution in [0.25, 0.3) is 5.82 Å². The molecule has 0 aliphatic rings. The maximum Gasteiger partial charge on any atom is 0.190 e. The van der Waals surface area contributed by atoms with Gasteiger partial charge in [0.15, 0.2) is 11.6 Å². The molecule has 2 aromatic rings. The minimum Gasteiger partial charge on any atom is -0.313 e. The molecule has 0 saturated carbocycles. The summed E-state index contributed by atoms with van der Waals surface area (Å²) in [5.41, 5.74) is 1.53. The van der Waals surface area contributed by atoms with Gasteiger partial charge in [-0.1, -0.05) is 20.8 Å². The molecule has 102 valence electrons. The van der Waals surface area contributed by atoms with Crippen LogP contribution in [-0.4, -0.2) is 21.3 Å². The zero-order valence-electron chi connectivity index (χ0n) is 11.5. The fraction of sp³-hybridized carbons (Fsp3) is 0.429. The number of rotatable bonds is 5. The summed E-state index contributed by atoms with van der Waals surface area (Å²) in [6, 6.07) is 3.58. The molecule has 0 aliphatic heterocycles. The fourth-order valence-electron chi connectivity index (χ4n) is 1.79. The summed E-state index contributed by atoms with van der Waals surface area (Å²) in [6.45, 7) is 7.39. The summed E-state index contributed by atoms with van der Waals surface area (Å²) in [6.07, 6.45) is 3.36. The second-order valence-corrected chi connectivity index (χ2v) is 4.73. The lowest BCUT2D eigenvalue weighted by Gasteiger charge is -2.08. The van der Waals surface area contributed by atoms with Gasteiger partial charge < -0.3 is 5.32 Å². The first-order valence-electron chi connectivity index (χ1n) is 6.53. The molecule has 0 aromatic carbocycles. The van der Waals surface area contributed by atoms with Gasteiger partial charge in [-0.05, 0) is 24.6 Å². The van der Waals surface area contributed by atoms with Crippen molar-refractivity contribution in [3.8, 4) is 5.82 Å². The third-order valence-corrected chi connectivity index (χ3v) is 2.93. The first-order valence-corrected chi connectivity index (χ1v) is 6.53. The third-order valence-electron chi connectivity index (χ3n) is 2.93. The summed E-state index contributed by atoms with van der Waals surface area (Å²) in [5.74, 6) is 0.249.